The average Bonchev–Trinajstić information content (AvgIpc) is 2.58. The summed E-state index contributed by atoms with van der Waals surface area (Å²) in [5.74, 6) is -1.27. The molecule has 0 aliphatic rings. The van der Waals surface area contributed by atoms with Gasteiger partial charge >= 0.3 is 51.4 Å². The minimum Gasteiger partial charge on any atom is -0.550 e. The van der Waals surface area contributed by atoms with Gasteiger partial charge in [-0.1, -0.05) is 11.6 Å². The zero-order valence-electron chi connectivity index (χ0n) is 14.9. The standard InChI is InChI=1S/C17H13ClN2O5S2.K/c1-27(24,25)11-7-10(3-5-15(21)22)19-13(8-11)17-20-16(23)12-4-2-9(18)6-14(12)26-17;/h2,4,6-8H,3,5H2,1H3,(H,21,22);/q;+1/p-1. The third-order valence-corrected chi connectivity index (χ3v) is 6.05. The second kappa shape index (κ2) is 9.39. The van der Waals surface area contributed by atoms with Gasteiger partial charge in [0.2, 0.25) is 0 Å². The van der Waals surface area contributed by atoms with Gasteiger partial charge in [0.25, 0.3) is 5.56 Å². The fraction of sp³-hybridized carbons (Fsp3) is 0.176. The van der Waals surface area contributed by atoms with Gasteiger partial charge < -0.3 is 9.90 Å². The van der Waals surface area contributed by atoms with E-state index in [9.17, 15) is 23.1 Å². The van der Waals surface area contributed by atoms with Crippen molar-refractivity contribution in [1.82, 2.24) is 9.97 Å². The van der Waals surface area contributed by atoms with Crippen LogP contribution in [0.15, 0.2) is 40.0 Å². The average molecular weight is 463 g/mol. The van der Waals surface area contributed by atoms with Crippen molar-refractivity contribution in [2.24, 2.45) is 0 Å². The van der Waals surface area contributed by atoms with E-state index < -0.39 is 21.4 Å². The minimum atomic E-state index is -3.58. The Morgan fingerprint density at radius 2 is 1.93 bits per heavy atom. The van der Waals surface area contributed by atoms with E-state index in [0.29, 0.717) is 15.1 Å². The van der Waals surface area contributed by atoms with Crippen LogP contribution in [0.4, 0.5) is 0 Å². The molecule has 0 N–H and O–H groups in total. The van der Waals surface area contributed by atoms with Crippen LogP contribution < -0.4 is 62.1 Å². The molecular formula is C17H12ClKN2O5S2. The number of carbonyl (C=O) groups excluding carboxylic acids is 1. The monoisotopic (exact) mass is 462 g/mol. The molecule has 7 nitrogen and oxygen atoms in total. The van der Waals surface area contributed by atoms with Gasteiger partial charge in [0.15, 0.2) is 9.84 Å². The molecular weight excluding hydrogens is 451 g/mol. The number of fused-ring (bicyclic) bond motifs is 1. The molecule has 0 saturated heterocycles. The van der Waals surface area contributed by atoms with Crippen molar-refractivity contribution >= 4 is 48.8 Å². The van der Waals surface area contributed by atoms with E-state index >= 15 is 0 Å². The van der Waals surface area contributed by atoms with E-state index in [1.54, 1.807) is 18.2 Å². The Balaban J connectivity index is 0.00000280. The molecule has 11 heteroatoms. The van der Waals surface area contributed by atoms with Crippen LogP contribution in [0.5, 0.6) is 0 Å². The van der Waals surface area contributed by atoms with Crippen LogP contribution in [0, 0.1) is 0 Å². The molecule has 28 heavy (non-hydrogen) atoms. The number of nitrogens with zero attached hydrogens (tertiary/aromatic N) is 2. The summed E-state index contributed by atoms with van der Waals surface area (Å²) in [6, 6.07) is 7.39. The number of aromatic nitrogens is 2. The largest absolute Gasteiger partial charge is 1.00 e. The quantitative estimate of drug-likeness (QED) is 0.422. The summed E-state index contributed by atoms with van der Waals surface area (Å²) in [4.78, 5) is 31.2. The molecule has 0 aliphatic carbocycles. The number of carboxylic acid groups (broad SMARTS) is 1. The number of hydrogen-bond acceptors (Lipinski definition) is 8. The molecule has 0 fully saturated rings. The van der Waals surface area contributed by atoms with Crippen LogP contribution in [0.3, 0.4) is 0 Å². The number of halogens is 1. The van der Waals surface area contributed by atoms with Crippen molar-refractivity contribution in [2.75, 3.05) is 6.26 Å². The first-order chi connectivity index (χ1) is 12.6. The molecule has 140 valence electrons. The van der Waals surface area contributed by atoms with Crippen molar-refractivity contribution in [2.45, 2.75) is 17.7 Å². The van der Waals surface area contributed by atoms with Crippen LogP contribution in [0.1, 0.15) is 12.1 Å². The molecule has 3 aromatic rings. The fourth-order valence-electron chi connectivity index (χ4n) is 2.39. The predicted octanol–water partition coefficient (Wildman–Crippen LogP) is -1.54. The normalized spacial score (nSPS) is 11.2. The molecule has 0 saturated carbocycles. The van der Waals surface area contributed by atoms with E-state index in [2.05, 4.69) is 9.97 Å². The molecule has 0 spiro atoms. The molecule has 0 bridgehead atoms. The summed E-state index contributed by atoms with van der Waals surface area (Å²) < 4.78 is 24.5. The zero-order valence-corrected chi connectivity index (χ0v) is 20.4. The van der Waals surface area contributed by atoms with E-state index in [-0.39, 0.29) is 85.5 Å². The van der Waals surface area contributed by atoms with Gasteiger partial charge in [-0.25, -0.2) is 8.42 Å². The number of hydrogen-bond donors (Lipinski definition) is 0. The Labute approximate surface area is 212 Å². The maximum Gasteiger partial charge on any atom is 1.00 e. The number of aliphatic carboxylic acids is 1. The summed E-state index contributed by atoms with van der Waals surface area (Å²) in [7, 11) is -3.58. The van der Waals surface area contributed by atoms with E-state index in [1.807, 2.05) is 0 Å². The van der Waals surface area contributed by atoms with Gasteiger partial charge in [-0.05, 0) is 43.2 Å². The third kappa shape index (κ3) is 5.67. The molecule has 1 aromatic carbocycles. The first-order valence-electron chi connectivity index (χ1n) is 7.65. The number of rotatable bonds is 5. The van der Waals surface area contributed by atoms with Crippen LogP contribution in [-0.2, 0) is 21.1 Å². The number of benzene rings is 1. The topological polar surface area (TPSA) is 117 Å². The van der Waals surface area contributed by atoms with Gasteiger partial charge in [-0.15, -0.1) is 11.3 Å². The smallest absolute Gasteiger partial charge is 0.550 e. The zero-order chi connectivity index (χ0) is 19.8. The van der Waals surface area contributed by atoms with Crippen LogP contribution in [-0.4, -0.2) is 30.6 Å². The predicted molar refractivity (Wildman–Crippen MR) is 101 cm³/mol. The van der Waals surface area contributed by atoms with E-state index in [0.717, 1.165) is 17.6 Å². The second-order valence-corrected chi connectivity index (χ2v) is 9.27. The van der Waals surface area contributed by atoms with Gasteiger partial charge in [-0.2, -0.15) is 4.98 Å². The Kier molecular flexibility index (Phi) is 7.90. The molecule has 0 aliphatic heterocycles. The van der Waals surface area contributed by atoms with Crippen molar-refractivity contribution in [3.63, 3.8) is 0 Å². The summed E-state index contributed by atoms with van der Waals surface area (Å²) in [5, 5.41) is 11.8. The SMILES string of the molecule is CS(=O)(=O)c1cc(CCC(=O)[O-])nc(-c2nc(=O)c3ccc(Cl)cc3s2)c1.[K+]. The molecule has 3 rings (SSSR count). The second-order valence-electron chi connectivity index (χ2n) is 5.79. The number of pyridine rings is 1. The minimum absolute atomic E-state index is 0. The number of sulfone groups is 1. The third-order valence-electron chi connectivity index (χ3n) is 3.67. The summed E-state index contributed by atoms with van der Waals surface area (Å²) >= 11 is 7.12. The molecule has 0 amide bonds. The maximum atomic E-state index is 12.3. The molecule has 0 atom stereocenters. The summed E-state index contributed by atoms with van der Waals surface area (Å²) in [6.45, 7) is 0. The number of aryl methyl sites for hydroxylation is 1. The Morgan fingerprint density at radius 1 is 1.21 bits per heavy atom. The van der Waals surface area contributed by atoms with Crippen LogP contribution in [0.2, 0.25) is 5.02 Å². The Bertz CT molecular complexity index is 1230. The Hall–Kier alpha value is -0.724. The van der Waals surface area contributed by atoms with Crippen LogP contribution in [0.25, 0.3) is 20.8 Å². The Morgan fingerprint density at radius 3 is 2.57 bits per heavy atom. The number of carbonyl (C=O) groups is 1. The maximum absolute atomic E-state index is 12.3. The first-order valence-corrected chi connectivity index (χ1v) is 10.7. The van der Waals surface area contributed by atoms with Gasteiger partial charge in [-0.3, -0.25) is 9.78 Å². The van der Waals surface area contributed by atoms with Crippen molar-refractivity contribution < 1.29 is 69.7 Å². The van der Waals surface area contributed by atoms with Crippen molar-refractivity contribution in [3.8, 4) is 10.7 Å². The summed E-state index contributed by atoms with van der Waals surface area (Å²) in [5.41, 5.74) is -0.0572. The fourth-order valence-corrected chi connectivity index (χ4v) is 4.30. The molecule has 2 heterocycles. The van der Waals surface area contributed by atoms with E-state index in [1.165, 1.54) is 12.1 Å². The molecule has 2 aromatic heterocycles. The van der Waals surface area contributed by atoms with Crippen molar-refractivity contribution in [1.29, 1.82) is 0 Å². The van der Waals surface area contributed by atoms with Gasteiger partial charge in [0.05, 0.1) is 10.3 Å². The van der Waals surface area contributed by atoms with Gasteiger partial charge in [0.1, 0.15) is 10.7 Å². The molecule has 0 radical (unpaired) electrons. The summed E-state index contributed by atoms with van der Waals surface area (Å²) in [6.07, 6.45) is 0.717. The van der Waals surface area contributed by atoms with Crippen molar-refractivity contribution in [3.05, 3.63) is 51.4 Å². The van der Waals surface area contributed by atoms with Gasteiger partial charge in [0, 0.05) is 27.6 Å². The first kappa shape index (κ1) is 23.6. The molecule has 0 unspecified atom stereocenters. The van der Waals surface area contributed by atoms with E-state index in [4.69, 9.17) is 11.6 Å². The van der Waals surface area contributed by atoms with Crippen LogP contribution >= 0.6 is 22.9 Å². The number of carboxylic acids is 1.